The van der Waals surface area contributed by atoms with E-state index in [1.54, 1.807) is 31.2 Å². The maximum Gasteiger partial charge on any atom is 0.416 e. The molecule has 0 saturated heterocycles. The number of amides is 2. The molecule has 8 heteroatoms. The summed E-state index contributed by atoms with van der Waals surface area (Å²) in [6.07, 6.45) is -4.46. The number of halogens is 3. The van der Waals surface area contributed by atoms with E-state index in [4.69, 9.17) is 0 Å². The lowest BCUT2D eigenvalue weighted by molar-refractivity contribution is -0.140. The number of nitrogens with one attached hydrogen (secondary N) is 1. The van der Waals surface area contributed by atoms with Crippen LogP contribution in [0.5, 0.6) is 0 Å². The molecule has 146 valence electrons. The van der Waals surface area contributed by atoms with Gasteiger partial charge in [0.25, 0.3) is 5.91 Å². The van der Waals surface area contributed by atoms with Gasteiger partial charge in [-0.2, -0.15) is 18.3 Å². The summed E-state index contributed by atoms with van der Waals surface area (Å²) in [6, 6.07) is 13.1. The van der Waals surface area contributed by atoms with E-state index in [0.717, 1.165) is 34.8 Å². The van der Waals surface area contributed by atoms with Gasteiger partial charge in [-0.3, -0.25) is 9.59 Å². The molecule has 2 aromatic rings. The summed E-state index contributed by atoms with van der Waals surface area (Å²) < 4.78 is 38.1. The smallest absolute Gasteiger partial charge is 0.325 e. The lowest BCUT2D eigenvalue weighted by Crippen LogP contribution is -2.46. The number of carbonyl (C=O) groups excluding carboxylic acids is 2. The van der Waals surface area contributed by atoms with E-state index >= 15 is 0 Å². The Labute approximate surface area is 159 Å². The van der Waals surface area contributed by atoms with Crippen molar-refractivity contribution in [2.45, 2.75) is 19.0 Å². The van der Waals surface area contributed by atoms with Crippen LogP contribution in [0.3, 0.4) is 0 Å². The van der Waals surface area contributed by atoms with Gasteiger partial charge in [0, 0.05) is 24.4 Å². The first kappa shape index (κ1) is 19.6. The SMILES string of the molecule is CC1=NN(C)C(=O)C(C(=O)Nc2ccc(C(F)(F)F)cc2)C1c1ccccc1. The third kappa shape index (κ3) is 3.90. The van der Waals surface area contributed by atoms with E-state index < -0.39 is 35.4 Å². The van der Waals surface area contributed by atoms with Crippen molar-refractivity contribution in [2.24, 2.45) is 11.0 Å². The van der Waals surface area contributed by atoms with Crippen molar-refractivity contribution < 1.29 is 22.8 Å². The van der Waals surface area contributed by atoms with Gasteiger partial charge in [-0.15, -0.1) is 0 Å². The Balaban J connectivity index is 1.89. The van der Waals surface area contributed by atoms with Gasteiger partial charge in [-0.25, -0.2) is 5.01 Å². The van der Waals surface area contributed by atoms with Crippen LogP contribution in [0.1, 0.15) is 24.0 Å². The molecule has 1 aliphatic heterocycles. The van der Waals surface area contributed by atoms with Crippen molar-refractivity contribution in [2.75, 3.05) is 12.4 Å². The molecule has 0 bridgehead atoms. The zero-order chi connectivity index (χ0) is 20.5. The van der Waals surface area contributed by atoms with Gasteiger partial charge >= 0.3 is 6.18 Å². The fourth-order valence-corrected chi connectivity index (χ4v) is 3.25. The molecule has 5 nitrogen and oxygen atoms in total. The Morgan fingerprint density at radius 3 is 2.25 bits per heavy atom. The lowest BCUT2D eigenvalue weighted by Gasteiger charge is -2.32. The van der Waals surface area contributed by atoms with Gasteiger partial charge in [0.05, 0.1) is 5.56 Å². The first-order chi connectivity index (χ1) is 13.2. The van der Waals surface area contributed by atoms with Gasteiger partial charge in [0.15, 0.2) is 0 Å². The molecule has 0 saturated carbocycles. The number of alkyl halides is 3. The van der Waals surface area contributed by atoms with E-state index in [9.17, 15) is 22.8 Å². The molecule has 2 amide bonds. The van der Waals surface area contributed by atoms with Crippen molar-refractivity contribution in [1.29, 1.82) is 0 Å². The van der Waals surface area contributed by atoms with Gasteiger partial charge in [-0.05, 0) is 36.8 Å². The summed E-state index contributed by atoms with van der Waals surface area (Å²) in [7, 11) is 1.46. The molecule has 2 aromatic carbocycles. The maximum atomic E-state index is 12.9. The van der Waals surface area contributed by atoms with Crippen molar-refractivity contribution in [3.63, 3.8) is 0 Å². The molecule has 0 fully saturated rings. The minimum Gasteiger partial charge on any atom is -0.325 e. The first-order valence-corrected chi connectivity index (χ1v) is 8.54. The Bertz CT molecular complexity index is 909. The van der Waals surface area contributed by atoms with E-state index in [0.29, 0.717) is 5.71 Å². The summed E-state index contributed by atoms with van der Waals surface area (Å²) in [6.45, 7) is 1.74. The molecule has 0 aromatic heterocycles. The third-order valence-corrected chi connectivity index (χ3v) is 4.60. The van der Waals surface area contributed by atoms with Crippen molar-refractivity contribution in [3.05, 3.63) is 65.7 Å². The minimum absolute atomic E-state index is 0.181. The molecule has 28 heavy (non-hydrogen) atoms. The zero-order valence-electron chi connectivity index (χ0n) is 15.2. The largest absolute Gasteiger partial charge is 0.416 e. The van der Waals surface area contributed by atoms with Crippen LogP contribution in [-0.2, 0) is 15.8 Å². The molecule has 2 unspecified atom stereocenters. The highest BCUT2D eigenvalue weighted by Crippen LogP contribution is 2.33. The summed E-state index contributed by atoms with van der Waals surface area (Å²) in [5, 5.41) is 7.86. The molecule has 1 N–H and O–H groups in total. The number of anilines is 1. The van der Waals surface area contributed by atoms with Crippen molar-refractivity contribution in [3.8, 4) is 0 Å². The van der Waals surface area contributed by atoms with Crippen LogP contribution >= 0.6 is 0 Å². The molecule has 0 spiro atoms. The minimum atomic E-state index is -4.46. The van der Waals surface area contributed by atoms with E-state index in [2.05, 4.69) is 10.4 Å². The second-order valence-electron chi connectivity index (χ2n) is 6.53. The fourth-order valence-electron chi connectivity index (χ4n) is 3.25. The Morgan fingerprint density at radius 1 is 1.07 bits per heavy atom. The van der Waals surface area contributed by atoms with Crippen molar-refractivity contribution in [1.82, 2.24) is 5.01 Å². The van der Waals surface area contributed by atoms with Crippen molar-refractivity contribution >= 4 is 23.2 Å². The molecular weight excluding hydrogens is 371 g/mol. The van der Waals surface area contributed by atoms with E-state index in [1.807, 2.05) is 6.07 Å². The summed E-state index contributed by atoms with van der Waals surface area (Å²) >= 11 is 0. The highest BCUT2D eigenvalue weighted by atomic mass is 19.4. The fraction of sp³-hybridized carbons (Fsp3) is 0.250. The molecule has 3 rings (SSSR count). The van der Waals surface area contributed by atoms with Crippen LogP contribution in [0.2, 0.25) is 0 Å². The summed E-state index contributed by atoms with van der Waals surface area (Å²) in [5.41, 5.74) is 0.725. The molecule has 1 aliphatic rings. The second-order valence-corrected chi connectivity index (χ2v) is 6.53. The summed E-state index contributed by atoms with van der Waals surface area (Å²) in [5.74, 6) is -2.71. The standard InChI is InChI=1S/C20H18F3N3O2/c1-12-16(13-6-4-3-5-7-13)17(19(28)26(2)25-12)18(27)24-15-10-8-14(9-11-15)20(21,22)23/h3-11,16-17H,1-2H3,(H,24,27). The highest BCUT2D eigenvalue weighted by molar-refractivity contribution is 6.13. The molecule has 0 aliphatic carbocycles. The van der Waals surface area contributed by atoms with Gasteiger partial charge < -0.3 is 5.32 Å². The quantitative estimate of drug-likeness (QED) is 0.810. The summed E-state index contributed by atoms with van der Waals surface area (Å²) in [4.78, 5) is 25.6. The van der Waals surface area contributed by atoms with E-state index in [1.165, 1.54) is 7.05 Å². The zero-order valence-corrected chi connectivity index (χ0v) is 15.2. The van der Waals surface area contributed by atoms with Gasteiger partial charge in [-0.1, -0.05) is 30.3 Å². The molecule has 2 atom stereocenters. The van der Waals surface area contributed by atoms with Crippen LogP contribution in [0, 0.1) is 5.92 Å². The van der Waals surface area contributed by atoms with Gasteiger partial charge in [0.1, 0.15) is 5.92 Å². The van der Waals surface area contributed by atoms with Crippen LogP contribution in [0.25, 0.3) is 0 Å². The average molecular weight is 389 g/mol. The number of nitrogens with zero attached hydrogens (tertiary/aromatic N) is 2. The van der Waals surface area contributed by atoms with Crippen LogP contribution in [0.15, 0.2) is 59.7 Å². The predicted molar refractivity (Wildman–Crippen MR) is 98.6 cm³/mol. The number of benzene rings is 2. The molecule has 1 heterocycles. The first-order valence-electron chi connectivity index (χ1n) is 8.54. The molecule has 0 radical (unpaired) electrons. The second kappa shape index (κ2) is 7.46. The number of hydrogen-bond donors (Lipinski definition) is 1. The topological polar surface area (TPSA) is 61.8 Å². The number of carbonyl (C=O) groups is 2. The predicted octanol–water partition coefficient (Wildman–Crippen LogP) is 3.89. The Kier molecular flexibility index (Phi) is 5.22. The van der Waals surface area contributed by atoms with Crippen LogP contribution < -0.4 is 5.32 Å². The lowest BCUT2D eigenvalue weighted by atomic mass is 9.80. The van der Waals surface area contributed by atoms with Crippen LogP contribution in [-0.4, -0.2) is 29.6 Å². The van der Waals surface area contributed by atoms with Gasteiger partial charge in [0.2, 0.25) is 5.91 Å². The number of rotatable bonds is 3. The number of hydrazone groups is 1. The Morgan fingerprint density at radius 2 is 1.68 bits per heavy atom. The Hall–Kier alpha value is -3.16. The van der Waals surface area contributed by atoms with E-state index in [-0.39, 0.29) is 5.69 Å². The normalized spacial score (nSPS) is 20.0. The van der Waals surface area contributed by atoms with Crippen LogP contribution in [0.4, 0.5) is 18.9 Å². The highest BCUT2D eigenvalue weighted by Gasteiger charge is 2.42. The number of hydrogen-bond acceptors (Lipinski definition) is 3. The third-order valence-electron chi connectivity index (χ3n) is 4.60. The maximum absolute atomic E-state index is 12.9. The molecular formula is C20H18F3N3O2. The monoisotopic (exact) mass is 389 g/mol. The average Bonchev–Trinajstić information content (AvgIpc) is 2.64.